The lowest BCUT2D eigenvalue weighted by Gasteiger charge is -2.48. The average molecular weight is 219 g/mol. The second kappa shape index (κ2) is 3.74. The highest BCUT2D eigenvalue weighted by Gasteiger charge is 2.42. The van der Waals surface area contributed by atoms with Gasteiger partial charge in [-0.2, -0.15) is 5.26 Å². The fourth-order valence-electron chi connectivity index (χ4n) is 3.43. The molecule has 0 N–H and O–H groups in total. The Morgan fingerprint density at radius 2 is 2.00 bits per heavy atom. The minimum Gasteiger partial charge on any atom is -0.337 e. The Balaban J connectivity index is 1.74. The lowest BCUT2D eigenvalue weighted by atomic mass is 9.83. The maximum atomic E-state index is 11.9. The third-order valence-electron chi connectivity index (χ3n) is 4.36. The first-order chi connectivity index (χ1) is 7.78. The molecule has 4 aliphatic rings. The molecule has 0 aliphatic carbocycles. The summed E-state index contributed by atoms with van der Waals surface area (Å²) in [6.45, 7) is 4.11. The number of likely N-dealkylation sites (tertiary alicyclic amines) is 1. The number of fused-ring (bicyclic) bond motifs is 3. The van der Waals surface area contributed by atoms with Crippen LogP contribution in [0.3, 0.4) is 0 Å². The number of hydrogen-bond donors (Lipinski definition) is 0. The smallest absolute Gasteiger partial charge is 0.224 e. The van der Waals surface area contributed by atoms with Gasteiger partial charge in [-0.25, -0.2) is 0 Å². The molecule has 0 aromatic carbocycles. The van der Waals surface area contributed by atoms with Gasteiger partial charge in [-0.3, -0.25) is 4.79 Å². The Bertz CT molecular complexity index is 341. The molecule has 2 unspecified atom stereocenters. The maximum Gasteiger partial charge on any atom is 0.224 e. The van der Waals surface area contributed by atoms with E-state index in [0.717, 1.165) is 6.54 Å². The first kappa shape index (κ1) is 10.1. The van der Waals surface area contributed by atoms with Crippen molar-refractivity contribution in [1.29, 1.82) is 5.26 Å². The number of piperidine rings is 3. The molecule has 0 saturated carbocycles. The van der Waals surface area contributed by atoms with Crippen LogP contribution in [0, 0.1) is 23.2 Å². The summed E-state index contributed by atoms with van der Waals surface area (Å²) >= 11 is 0. The third-order valence-corrected chi connectivity index (χ3v) is 4.36. The standard InChI is InChI=1S/C12H17N3O/c13-6-9-5-12(16)15(7-9)11-8-14-3-1-10(11)2-4-14/h9-11H,1-5,7-8H2. The van der Waals surface area contributed by atoms with E-state index in [9.17, 15) is 4.79 Å². The van der Waals surface area contributed by atoms with Crippen LogP contribution in [0.1, 0.15) is 19.3 Å². The van der Waals surface area contributed by atoms with Gasteiger partial charge in [-0.15, -0.1) is 0 Å². The minimum atomic E-state index is -0.0667. The second-order valence-electron chi connectivity index (χ2n) is 5.28. The quantitative estimate of drug-likeness (QED) is 0.643. The van der Waals surface area contributed by atoms with Crippen molar-refractivity contribution in [2.45, 2.75) is 25.3 Å². The van der Waals surface area contributed by atoms with E-state index in [1.165, 1.54) is 25.9 Å². The van der Waals surface area contributed by atoms with E-state index in [-0.39, 0.29) is 11.8 Å². The Morgan fingerprint density at radius 3 is 2.50 bits per heavy atom. The van der Waals surface area contributed by atoms with Crippen LogP contribution < -0.4 is 0 Å². The molecule has 0 aromatic heterocycles. The molecular formula is C12H17N3O. The van der Waals surface area contributed by atoms with Gasteiger partial charge in [0.25, 0.3) is 0 Å². The van der Waals surface area contributed by atoms with Gasteiger partial charge >= 0.3 is 0 Å². The summed E-state index contributed by atoms with van der Waals surface area (Å²) in [6, 6.07) is 2.63. The summed E-state index contributed by atoms with van der Waals surface area (Å²) in [6.07, 6.45) is 2.90. The van der Waals surface area contributed by atoms with Crippen LogP contribution in [0.4, 0.5) is 0 Å². The molecule has 1 amide bonds. The van der Waals surface area contributed by atoms with Crippen LogP contribution in [-0.2, 0) is 4.79 Å². The van der Waals surface area contributed by atoms with Gasteiger partial charge in [0.1, 0.15) is 0 Å². The summed E-state index contributed by atoms with van der Waals surface area (Å²) in [5.74, 6) is 0.819. The van der Waals surface area contributed by atoms with Crippen LogP contribution in [0.15, 0.2) is 0 Å². The third kappa shape index (κ3) is 1.51. The van der Waals surface area contributed by atoms with Crippen LogP contribution in [-0.4, -0.2) is 47.9 Å². The largest absolute Gasteiger partial charge is 0.337 e. The van der Waals surface area contributed by atoms with E-state index in [4.69, 9.17) is 5.26 Å². The molecule has 4 fully saturated rings. The highest BCUT2D eigenvalue weighted by atomic mass is 16.2. The molecular weight excluding hydrogens is 202 g/mol. The zero-order valence-corrected chi connectivity index (χ0v) is 9.43. The summed E-state index contributed by atoms with van der Waals surface area (Å²) in [5, 5.41) is 8.89. The Morgan fingerprint density at radius 1 is 1.25 bits per heavy atom. The number of nitriles is 1. The minimum absolute atomic E-state index is 0.0667. The molecule has 0 spiro atoms. The first-order valence-electron chi connectivity index (χ1n) is 6.19. The van der Waals surface area contributed by atoms with Crippen molar-refractivity contribution in [3.05, 3.63) is 0 Å². The molecule has 2 bridgehead atoms. The number of carbonyl (C=O) groups is 1. The van der Waals surface area contributed by atoms with E-state index >= 15 is 0 Å². The molecule has 0 aromatic rings. The number of hydrogen-bond acceptors (Lipinski definition) is 3. The molecule has 4 heteroatoms. The lowest BCUT2D eigenvalue weighted by molar-refractivity contribution is -0.133. The van der Waals surface area contributed by atoms with Crippen molar-refractivity contribution >= 4 is 5.91 Å². The molecule has 4 rings (SSSR count). The molecule has 4 aliphatic heterocycles. The van der Waals surface area contributed by atoms with Crippen molar-refractivity contribution < 1.29 is 4.79 Å². The molecule has 86 valence electrons. The SMILES string of the molecule is N#CC1CC(=O)N(C2CN3CCC2CC3)C1. The van der Waals surface area contributed by atoms with Gasteiger partial charge in [0, 0.05) is 25.6 Å². The zero-order valence-electron chi connectivity index (χ0n) is 9.43. The fourth-order valence-corrected chi connectivity index (χ4v) is 3.43. The maximum absolute atomic E-state index is 11.9. The summed E-state index contributed by atoms with van der Waals surface area (Å²) in [4.78, 5) is 16.3. The molecule has 4 saturated heterocycles. The zero-order chi connectivity index (χ0) is 11.1. The van der Waals surface area contributed by atoms with E-state index < -0.39 is 0 Å². The lowest BCUT2D eigenvalue weighted by Crippen LogP contribution is -2.57. The van der Waals surface area contributed by atoms with Gasteiger partial charge in [0.05, 0.1) is 12.0 Å². The van der Waals surface area contributed by atoms with Crippen molar-refractivity contribution in [3.63, 3.8) is 0 Å². The summed E-state index contributed by atoms with van der Waals surface area (Å²) in [5.41, 5.74) is 0. The monoisotopic (exact) mass is 219 g/mol. The van der Waals surface area contributed by atoms with Gasteiger partial charge in [0.15, 0.2) is 0 Å². The highest BCUT2D eigenvalue weighted by Crippen LogP contribution is 2.33. The summed E-state index contributed by atoms with van der Waals surface area (Å²) in [7, 11) is 0. The van der Waals surface area contributed by atoms with Gasteiger partial charge in [-0.1, -0.05) is 0 Å². The molecule has 4 nitrogen and oxygen atoms in total. The molecule has 0 radical (unpaired) electrons. The van der Waals surface area contributed by atoms with Gasteiger partial charge in [0.2, 0.25) is 5.91 Å². The molecule has 16 heavy (non-hydrogen) atoms. The second-order valence-corrected chi connectivity index (χ2v) is 5.28. The molecule has 2 atom stereocenters. The van der Waals surface area contributed by atoms with Crippen LogP contribution in [0.5, 0.6) is 0 Å². The van der Waals surface area contributed by atoms with E-state index in [0.29, 0.717) is 24.9 Å². The number of amides is 1. The Hall–Kier alpha value is -1.08. The Labute approximate surface area is 95.8 Å². The number of rotatable bonds is 1. The first-order valence-corrected chi connectivity index (χ1v) is 6.19. The highest BCUT2D eigenvalue weighted by molar-refractivity contribution is 5.79. The number of carbonyl (C=O) groups excluding carboxylic acids is 1. The van der Waals surface area contributed by atoms with Crippen LogP contribution >= 0.6 is 0 Å². The van der Waals surface area contributed by atoms with Crippen LogP contribution in [0.2, 0.25) is 0 Å². The Kier molecular flexibility index (Phi) is 2.36. The van der Waals surface area contributed by atoms with Crippen LogP contribution in [0.25, 0.3) is 0 Å². The van der Waals surface area contributed by atoms with Crippen molar-refractivity contribution in [1.82, 2.24) is 9.80 Å². The number of nitrogens with zero attached hydrogens (tertiary/aromatic N) is 3. The van der Waals surface area contributed by atoms with Crippen molar-refractivity contribution in [3.8, 4) is 6.07 Å². The van der Waals surface area contributed by atoms with Gasteiger partial charge < -0.3 is 9.80 Å². The summed E-state index contributed by atoms with van der Waals surface area (Å²) < 4.78 is 0. The van der Waals surface area contributed by atoms with Crippen molar-refractivity contribution in [2.24, 2.45) is 11.8 Å². The average Bonchev–Trinajstić information content (AvgIpc) is 2.72. The van der Waals surface area contributed by atoms with Gasteiger partial charge in [-0.05, 0) is 31.8 Å². The van der Waals surface area contributed by atoms with E-state index in [1.54, 1.807) is 0 Å². The van der Waals surface area contributed by atoms with Crippen molar-refractivity contribution in [2.75, 3.05) is 26.2 Å². The van der Waals surface area contributed by atoms with E-state index in [2.05, 4.69) is 11.0 Å². The predicted molar refractivity (Wildman–Crippen MR) is 58.4 cm³/mol. The predicted octanol–water partition coefficient (Wildman–Crippen LogP) is 0.453. The molecule has 4 heterocycles. The fraction of sp³-hybridized carbons (Fsp3) is 0.833. The topological polar surface area (TPSA) is 47.3 Å². The van der Waals surface area contributed by atoms with E-state index in [1.807, 2.05) is 4.90 Å². The normalized spacial score (nSPS) is 42.4.